The number of amides is 2. The minimum atomic E-state index is -0.566. The zero-order valence-corrected chi connectivity index (χ0v) is 20.3. The van der Waals surface area contributed by atoms with Crippen LogP contribution in [0.3, 0.4) is 0 Å². The Bertz CT molecular complexity index is 856. The third kappa shape index (κ3) is 7.62. The Morgan fingerprint density at radius 2 is 1.61 bits per heavy atom. The SMILES string of the molecule is CSCC[C@H](NC(=O)c1ccc(C(C)(C)C)cc1)C(=O)NCc1ccc(N(C)C)cc1. The number of hydrogen-bond acceptors (Lipinski definition) is 4. The molecule has 2 amide bonds. The summed E-state index contributed by atoms with van der Waals surface area (Å²) in [4.78, 5) is 27.6. The lowest BCUT2D eigenvalue weighted by Crippen LogP contribution is -2.46. The predicted octanol–water partition coefficient (Wildman–Crippen LogP) is 4.22. The molecule has 168 valence electrons. The van der Waals surface area contributed by atoms with Crippen LogP contribution in [0, 0.1) is 0 Å². The molecule has 2 aromatic rings. The summed E-state index contributed by atoms with van der Waals surface area (Å²) in [5.74, 6) is 0.404. The van der Waals surface area contributed by atoms with Crippen LogP contribution >= 0.6 is 11.8 Å². The summed E-state index contributed by atoms with van der Waals surface area (Å²) < 4.78 is 0. The molecule has 0 aliphatic heterocycles. The number of rotatable bonds is 9. The van der Waals surface area contributed by atoms with Gasteiger partial charge < -0.3 is 15.5 Å². The van der Waals surface area contributed by atoms with Crippen molar-refractivity contribution in [1.82, 2.24) is 10.6 Å². The third-order valence-corrected chi connectivity index (χ3v) is 5.81. The normalized spacial score (nSPS) is 12.2. The van der Waals surface area contributed by atoms with E-state index in [2.05, 4.69) is 31.4 Å². The first-order valence-electron chi connectivity index (χ1n) is 10.6. The van der Waals surface area contributed by atoms with E-state index in [1.165, 1.54) is 5.56 Å². The molecular weight excluding hydrogens is 406 g/mol. The van der Waals surface area contributed by atoms with Crippen LogP contribution in [-0.2, 0) is 16.8 Å². The van der Waals surface area contributed by atoms with Crippen molar-refractivity contribution in [2.75, 3.05) is 31.0 Å². The average Bonchev–Trinajstić information content (AvgIpc) is 2.74. The largest absolute Gasteiger partial charge is 0.378 e. The van der Waals surface area contributed by atoms with E-state index >= 15 is 0 Å². The standard InChI is InChI=1S/C25H35N3O2S/c1-25(2,3)20-11-9-19(10-12-20)23(29)27-22(15-16-31-6)24(30)26-17-18-7-13-21(14-8-18)28(4)5/h7-14,22H,15-17H2,1-6H3,(H,26,30)(H,27,29)/t22-/m0/s1. The van der Waals surface area contributed by atoms with Crippen molar-refractivity contribution in [2.45, 2.75) is 45.2 Å². The zero-order valence-electron chi connectivity index (χ0n) is 19.5. The minimum absolute atomic E-state index is 0.0283. The molecule has 1 atom stereocenters. The number of nitrogens with zero attached hydrogens (tertiary/aromatic N) is 1. The third-order valence-electron chi connectivity index (χ3n) is 5.17. The molecule has 0 bridgehead atoms. The first kappa shape index (κ1) is 24.8. The summed E-state index contributed by atoms with van der Waals surface area (Å²) in [7, 11) is 3.99. The summed E-state index contributed by atoms with van der Waals surface area (Å²) in [6.07, 6.45) is 2.58. The Hall–Kier alpha value is -2.47. The van der Waals surface area contributed by atoms with Crippen molar-refractivity contribution < 1.29 is 9.59 Å². The molecule has 0 spiro atoms. The van der Waals surface area contributed by atoms with E-state index in [9.17, 15) is 9.59 Å². The van der Waals surface area contributed by atoms with Crippen molar-refractivity contribution in [3.63, 3.8) is 0 Å². The van der Waals surface area contributed by atoms with Gasteiger partial charge in [0.2, 0.25) is 5.91 Å². The Kier molecular flexibility index (Phi) is 8.99. The van der Waals surface area contributed by atoms with E-state index in [0.29, 0.717) is 18.5 Å². The van der Waals surface area contributed by atoms with Gasteiger partial charge in [-0.3, -0.25) is 9.59 Å². The van der Waals surface area contributed by atoms with Gasteiger partial charge in [-0.05, 0) is 59.2 Å². The topological polar surface area (TPSA) is 61.4 Å². The molecule has 31 heavy (non-hydrogen) atoms. The van der Waals surface area contributed by atoms with Gasteiger partial charge in [0.25, 0.3) is 5.91 Å². The molecule has 6 heteroatoms. The molecule has 0 aliphatic carbocycles. The van der Waals surface area contributed by atoms with Gasteiger partial charge in [-0.15, -0.1) is 0 Å². The summed E-state index contributed by atoms with van der Waals surface area (Å²) in [5, 5.41) is 5.88. The second-order valence-corrected chi connectivity index (χ2v) is 9.90. The molecule has 0 heterocycles. The first-order chi connectivity index (χ1) is 14.6. The van der Waals surface area contributed by atoms with Gasteiger partial charge in [-0.25, -0.2) is 0 Å². The van der Waals surface area contributed by atoms with Crippen molar-refractivity contribution in [3.8, 4) is 0 Å². The average molecular weight is 442 g/mol. The monoisotopic (exact) mass is 441 g/mol. The molecule has 2 rings (SSSR count). The number of thioether (sulfide) groups is 1. The zero-order chi connectivity index (χ0) is 23.0. The van der Waals surface area contributed by atoms with E-state index in [1.807, 2.05) is 73.8 Å². The highest BCUT2D eigenvalue weighted by molar-refractivity contribution is 7.98. The molecule has 2 aromatic carbocycles. The fourth-order valence-electron chi connectivity index (χ4n) is 3.09. The van der Waals surface area contributed by atoms with Crippen LogP contribution in [0.15, 0.2) is 48.5 Å². The van der Waals surface area contributed by atoms with E-state index in [4.69, 9.17) is 0 Å². The van der Waals surface area contributed by atoms with Crippen LogP contribution in [0.2, 0.25) is 0 Å². The van der Waals surface area contributed by atoms with E-state index in [1.54, 1.807) is 11.8 Å². The second-order valence-electron chi connectivity index (χ2n) is 8.91. The fourth-order valence-corrected chi connectivity index (χ4v) is 3.56. The van der Waals surface area contributed by atoms with Gasteiger partial charge in [0, 0.05) is 31.9 Å². The van der Waals surface area contributed by atoms with Gasteiger partial charge >= 0.3 is 0 Å². The van der Waals surface area contributed by atoms with E-state index < -0.39 is 6.04 Å². The first-order valence-corrected chi connectivity index (χ1v) is 12.0. The molecule has 0 unspecified atom stereocenters. The van der Waals surface area contributed by atoms with Crippen molar-refractivity contribution >= 4 is 29.3 Å². The maximum absolute atomic E-state index is 12.8. The molecule has 0 radical (unpaired) electrons. The van der Waals surface area contributed by atoms with Crippen molar-refractivity contribution in [1.29, 1.82) is 0 Å². The Morgan fingerprint density at radius 1 is 1.00 bits per heavy atom. The van der Waals surface area contributed by atoms with Gasteiger partial charge in [-0.1, -0.05) is 45.0 Å². The van der Waals surface area contributed by atoms with Crippen LogP contribution in [0.5, 0.6) is 0 Å². The Morgan fingerprint density at radius 3 is 2.13 bits per heavy atom. The predicted molar refractivity (Wildman–Crippen MR) is 132 cm³/mol. The molecule has 2 N–H and O–H groups in total. The van der Waals surface area contributed by atoms with Gasteiger partial charge in [-0.2, -0.15) is 11.8 Å². The van der Waals surface area contributed by atoms with Crippen LogP contribution in [-0.4, -0.2) is 44.0 Å². The van der Waals surface area contributed by atoms with Crippen LogP contribution in [0.1, 0.15) is 48.7 Å². The number of hydrogen-bond donors (Lipinski definition) is 2. The lowest BCUT2D eigenvalue weighted by Gasteiger charge is -2.20. The Balaban J connectivity index is 2.01. The summed E-state index contributed by atoms with van der Waals surface area (Å²) in [6, 6.07) is 15.1. The summed E-state index contributed by atoms with van der Waals surface area (Å²) >= 11 is 1.66. The molecular formula is C25H35N3O2S. The van der Waals surface area contributed by atoms with Crippen molar-refractivity contribution in [2.24, 2.45) is 0 Å². The highest BCUT2D eigenvalue weighted by atomic mass is 32.2. The smallest absolute Gasteiger partial charge is 0.251 e. The lowest BCUT2D eigenvalue weighted by molar-refractivity contribution is -0.123. The Labute approximate surface area is 191 Å². The number of benzene rings is 2. The lowest BCUT2D eigenvalue weighted by atomic mass is 9.86. The van der Waals surface area contributed by atoms with Gasteiger partial charge in [0.1, 0.15) is 6.04 Å². The number of carbonyl (C=O) groups is 2. The van der Waals surface area contributed by atoms with Crippen molar-refractivity contribution in [3.05, 3.63) is 65.2 Å². The maximum atomic E-state index is 12.8. The number of carbonyl (C=O) groups excluding carboxylic acids is 2. The highest BCUT2D eigenvalue weighted by Gasteiger charge is 2.21. The maximum Gasteiger partial charge on any atom is 0.251 e. The van der Waals surface area contributed by atoms with Gasteiger partial charge in [0.05, 0.1) is 0 Å². The van der Waals surface area contributed by atoms with Gasteiger partial charge in [0.15, 0.2) is 0 Å². The van der Waals surface area contributed by atoms with Crippen LogP contribution in [0.25, 0.3) is 0 Å². The fraction of sp³-hybridized carbons (Fsp3) is 0.440. The molecule has 0 saturated heterocycles. The summed E-state index contributed by atoms with van der Waals surface area (Å²) in [6.45, 7) is 6.84. The summed E-state index contributed by atoms with van der Waals surface area (Å²) in [5.41, 5.74) is 3.89. The highest BCUT2D eigenvalue weighted by Crippen LogP contribution is 2.22. The van der Waals surface area contributed by atoms with E-state index in [0.717, 1.165) is 17.0 Å². The quantitative estimate of drug-likeness (QED) is 0.612. The van der Waals surface area contributed by atoms with E-state index in [-0.39, 0.29) is 17.2 Å². The number of nitrogens with one attached hydrogen (secondary N) is 2. The molecule has 0 aliphatic rings. The second kappa shape index (κ2) is 11.2. The van der Waals surface area contributed by atoms with Crippen LogP contribution < -0.4 is 15.5 Å². The molecule has 5 nitrogen and oxygen atoms in total. The minimum Gasteiger partial charge on any atom is -0.378 e. The molecule has 0 aromatic heterocycles. The number of anilines is 1. The van der Waals surface area contributed by atoms with Crippen LogP contribution in [0.4, 0.5) is 5.69 Å². The molecule has 0 saturated carbocycles. The molecule has 0 fully saturated rings.